The Morgan fingerprint density at radius 2 is 2.00 bits per heavy atom. The minimum atomic E-state index is -0.928. The fourth-order valence-corrected chi connectivity index (χ4v) is 1.62. The van der Waals surface area contributed by atoms with Crippen LogP contribution in [0.4, 0.5) is 4.79 Å². The number of benzene rings is 1. The number of urea groups is 1. The van der Waals surface area contributed by atoms with Crippen molar-refractivity contribution in [2.24, 2.45) is 0 Å². The number of nitrogens with zero attached hydrogens (tertiary/aromatic N) is 1. The fourth-order valence-electron chi connectivity index (χ4n) is 1.36. The third kappa shape index (κ3) is 6.42. The number of carboxylic acids is 1. The van der Waals surface area contributed by atoms with Crippen molar-refractivity contribution >= 4 is 27.9 Å². The zero-order chi connectivity index (χ0) is 15.0. The Labute approximate surface area is 125 Å². The van der Waals surface area contributed by atoms with Gasteiger partial charge in [-0.2, -0.15) is 0 Å². The highest BCUT2D eigenvalue weighted by molar-refractivity contribution is 9.10. The number of aliphatic carboxylic acids is 1. The summed E-state index contributed by atoms with van der Waals surface area (Å²) in [6.07, 6.45) is -0.0701. The molecular formula is C13H17BrN2O4. The average Bonchev–Trinajstić information content (AvgIpc) is 2.42. The molecule has 0 unspecified atom stereocenters. The van der Waals surface area contributed by atoms with E-state index in [0.717, 1.165) is 10.2 Å². The first kappa shape index (κ1) is 16.3. The van der Waals surface area contributed by atoms with Gasteiger partial charge in [0.15, 0.2) is 0 Å². The summed E-state index contributed by atoms with van der Waals surface area (Å²) < 4.78 is 6.41. The number of nitrogens with one attached hydrogen (secondary N) is 1. The summed E-state index contributed by atoms with van der Waals surface area (Å²) >= 11 is 3.33. The van der Waals surface area contributed by atoms with Crippen molar-refractivity contribution in [1.82, 2.24) is 10.2 Å². The number of carbonyl (C=O) groups is 2. The van der Waals surface area contributed by atoms with Gasteiger partial charge in [0.1, 0.15) is 12.4 Å². The number of amides is 2. The smallest absolute Gasteiger partial charge is 0.317 e. The SMILES string of the molecule is CN(CCC(=O)O)C(=O)NCCOc1ccc(Br)cc1. The van der Waals surface area contributed by atoms with E-state index in [1.807, 2.05) is 24.3 Å². The predicted octanol–water partition coefficient (Wildman–Crippen LogP) is 1.94. The number of ether oxygens (including phenoxy) is 1. The summed E-state index contributed by atoms with van der Waals surface area (Å²) in [5, 5.41) is 11.2. The van der Waals surface area contributed by atoms with Crippen molar-refractivity contribution < 1.29 is 19.4 Å². The zero-order valence-corrected chi connectivity index (χ0v) is 12.7. The first-order valence-electron chi connectivity index (χ1n) is 6.08. The van der Waals surface area contributed by atoms with Crippen molar-refractivity contribution in [1.29, 1.82) is 0 Å². The molecule has 1 aromatic rings. The van der Waals surface area contributed by atoms with Gasteiger partial charge in [0.2, 0.25) is 0 Å². The Morgan fingerprint density at radius 3 is 2.60 bits per heavy atom. The van der Waals surface area contributed by atoms with Gasteiger partial charge in [-0.25, -0.2) is 4.79 Å². The average molecular weight is 345 g/mol. The van der Waals surface area contributed by atoms with E-state index in [9.17, 15) is 9.59 Å². The van der Waals surface area contributed by atoms with E-state index >= 15 is 0 Å². The van der Waals surface area contributed by atoms with Gasteiger partial charge in [-0.3, -0.25) is 4.79 Å². The van der Waals surface area contributed by atoms with Crippen LogP contribution in [0.5, 0.6) is 5.75 Å². The molecule has 7 heteroatoms. The predicted molar refractivity (Wildman–Crippen MR) is 77.9 cm³/mol. The molecule has 0 atom stereocenters. The standard InChI is InChI=1S/C13H17BrN2O4/c1-16(8-6-12(17)18)13(19)15-7-9-20-11-4-2-10(14)3-5-11/h2-5H,6-9H2,1H3,(H,15,19)(H,17,18). The Morgan fingerprint density at radius 1 is 1.35 bits per heavy atom. The van der Waals surface area contributed by atoms with Gasteiger partial charge in [0, 0.05) is 18.1 Å². The number of hydrogen-bond acceptors (Lipinski definition) is 3. The summed E-state index contributed by atoms with van der Waals surface area (Å²) in [7, 11) is 1.55. The van der Waals surface area contributed by atoms with Gasteiger partial charge in [0.25, 0.3) is 0 Å². The van der Waals surface area contributed by atoms with Crippen LogP contribution in [-0.2, 0) is 4.79 Å². The van der Waals surface area contributed by atoms with E-state index in [2.05, 4.69) is 21.2 Å². The Kier molecular flexibility index (Phi) is 6.86. The number of rotatable bonds is 7. The van der Waals surface area contributed by atoms with E-state index in [-0.39, 0.29) is 19.0 Å². The van der Waals surface area contributed by atoms with E-state index < -0.39 is 5.97 Å². The number of carbonyl (C=O) groups excluding carboxylic acids is 1. The lowest BCUT2D eigenvalue weighted by Crippen LogP contribution is -2.40. The quantitative estimate of drug-likeness (QED) is 0.741. The molecule has 1 aromatic carbocycles. The lowest BCUT2D eigenvalue weighted by atomic mass is 10.3. The molecule has 0 aliphatic rings. The molecule has 2 N–H and O–H groups in total. The van der Waals surface area contributed by atoms with E-state index in [0.29, 0.717) is 13.2 Å². The van der Waals surface area contributed by atoms with E-state index in [4.69, 9.17) is 9.84 Å². The molecule has 0 aliphatic heterocycles. The maximum atomic E-state index is 11.6. The maximum absolute atomic E-state index is 11.6. The van der Waals surface area contributed by atoms with E-state index in [1.54, 1.807) is 7.05 Å². The van der Waals surface area contributed by atoms with E-state index in [1.165, 1.54) is 4.90 Å². The summed E-state index contributed by atoms with van der Waals surface area (Å²) in [4.78, 5) is 23.3. The highest BCUT2D eigenvalue weighted by Gasteiger charge is 2.09. The molecule has 0 aromatic heterocycles. The molecule has 0 heterocycles. The molecule has 0 radical (unpaired) electrons. The first-order chi connectivity index (χ1) is 9.49. The normalized spacial score (nSPS) is 9.90. The molecule has 2 amide bonds. The van der Waals surface area contributed by atoms with Crippen LogP contribution in [0.3, 0.4) is 0 Å². The molecular weight excluding hydrogens is 328 g/mol. The van der Waals surface area contributed by atoms with Gasteiger partial charge >= 0.3 is 12.0 Å². The Bertz CT molecular complexity index is 450. The van der Waals surface area contributed by atoms with Gasteiger partial charge in [-0.1, -0.05) is 15.9 Å². The summed E-state index contributed by atoms with van der Waals surface area (Å²) in [5.74, 6) is -0.204. The van der Waals surface area contributed by atoms with Crippen LogP contribution in [-0.4, -0.2) is 48.8 Å². The highest BCUT2D eigenvalue weighted by atomic mass is 79.9. The number of hydrogen-bond donors (Lipinski definition) is 2. The molecule has 1 rings (SSSR count). The second-order valence-electron chi connectivity index (χ2n) is 4.10. The first-order valence-corrected chi connectivity index (χ1v) is 6.87. The second kappa shape index (κ2) is 8.42. The number of carboxylic acid groups (broad SMARTS) is 1. The van der Waals surface area contributed by atoms with Crippen LogP contribution in [0.1, 0.15) is 6.42 Å². The fraction of sp³-hybridized carbons (Fsp3) is 0.385. The molecule has 0 spiro atoms. The summed E-state index contributed by atoms with van der Waals surface area (Å²) in [6.45, 7) is 0.876. The summed E-state index contributed by atoms with van der Waals surface area (Å²) in [6, 6.07) is 7.07. The molecule has 0 aliphatic carbocycles. The molecule has 6 nitrogen and oxygen atoms in total. The minimum absolute atomic E-state index is 0.0701. The highest BCUT2D eigenvalue weighted by Crippen LogP contribution is 2.15. The lowest BCUT2D eigenvalue weighted by molar-refractivity contribution is -0.137. The van der Waals surface area contributed by atoms with Crippen LogP contribution in [0, 0.1) is 0 Å². The molecule has 20 heavy (non-hydrogen) atoms. The Balaban J connectivity index is 2.18. The molecule has 0 fully saturated rings. The van der Waals surface area contributed by atoms with Gasteiger partial charge in [0.05, 0.1) is 13.0 Å². The van der Waals surface area contributed by atoms with Crippen molar-refractivity contribution in [2.45, 2.75) is 6.42 Å². The van der Waals surface area contributed by atoms with Crippen molar-refractivity contribution in [3.05, 3.63) is 28.7 Å². The van der Waals surface area contributed by atoms with Crippen LogP contribution < -0.4 is 10.1 Å². The molecule has 0 bridgehead atoms. The zero-order valence-electron chi connectivity index (χ0n) is 11.1. The molecule has 110 valence electrons. The van der Waals surface area contributed by atoms with Crippen molar-refractivity contribution in [3.63, 3.8) is 0 Å². The van der Waals surface area contributed by atoms with Crippen LogP contribution in [0.25, 0.3) is 0 Å². The van der Waals surface area contributed by atoms with Gasteiger partial charge < -0.3 is 20.1 Å². The lowest BCUT2D eigenvalue weighted by Gasteiger charge is -2.17. The third-order valence-electron chi connectivity index (χ3n) is 2.47. The molecule has 0 saturated carbocycles. The third-order valence-corrected chi connectivity index (χ3v) is 3.00. The second-order valence-corrected chi connectivity index (χ2v) is 5.02. The maximum Gasteiger partial charge on any atom is 0.317 e. The Hall–Kier alpha value is -1.76. The topological polar surface area (TPSA) is 78.9 Å². The molecule has 0 saturated heterocycles. The minimum Gasteiger partial charge on any atom is -0.492 e. The van der Waals surface area contributed by atoms with Crippen LogP contribution in [0.2, 0.25) is 0 Å². The largest absolute Gasteiger partial charge is 0.492 e. The summed E-state index contributed by atoms with van der Waals surface area (Å²) in [5.41, 5.74) is 0. The van der Waals surface area contributed by atoms with Crippen LogP contribution in [0.15, 0.2) is 28.7 Å². The van der Waals surface area contributed by atoms with Crippen LogP contribution >= 0.6 is 15.9 Å². The van der Waals surface area contributed by atoms with Crippen molar-refractivity contribution in [2.75, 3.05) is 26.7 Å². The van der Waals surface area contributed by atoms with Gasteiger partial charge in [-0.15, -0.1) is 0 Å². The van der Waals surface area contributed by atoms with Gasteiger partial charge in [-0.05, 0) is 24.3 Å². The van der Waals surface area contributed by atoms with Crippen molar-refractivity contribution in [3.8, 4) is 5.75 Å². The number of halogens is 1. The monoisotopic (exact) mass is 344 g/mol.